The first-order valence-electron chi connectivity index (χ1n) is 9.31. The molecular formula is C20H25ClN4O4. The number of nitrogens with zero attached hydrogens (tertiary/aromatic N) is 2. The van der Waals surface area contributed by atoms with Crippen molar-refractivity contribution in [1.29, 1.82) is 0 Å². The Balaban J connectivity index is 1.94. The minimum atomic E-state index is -1.11. The highest BCUT2D eigenvalue weighted by molar-refractivity contribution is 6.31. The first-order valence-corrected chi connectivity index (χ1v) is 9.68. The van der Waals surface area contributed by atoms with Crippen LogP contribution in [0, 0.1) is 0 Å². The lowest BCUT2D eigenvalue weighted by molar-refractivity contribution is -0.141. The molecule has 3 rings (SSSR count). The molecular weight excluding hydrogens is 396 g/mol. The molecule has 0 unspecified atom stereocenters. The molecule has 0 aliphatic carbocycles. The maximum atomic E-state index is 13.4. The predicted molar refractivity (Wildman–Crippen MR) is 108 cm³/mol. The van der Waals surface area contributed by atoms with Crippen LogP contribution < -0.4 is 10.6 Å². The molecule has 0 fully saturated rings. The third kappa shape index (κ3) is 3.70. The van der Waals surface area contributed by atoms with E-state index >= 15 is 0 Å². The molecule has 8 nitrogen and oxygen atoms in total. The van der Waals surface area contributed by atoms with E-state index in [2.05, 4.69) is 10.6 Å². The molecule has 156 valence electrons. The largest absolute Gasteiger partial charge is 0.383 e. The lowest BCUT2D eigenvalue weighted by atomic mass is 9.95. The maximum Gasteiger partial charge on any atom is 0.322 e. The minimum Gasteiger partial charge on any atom is -0.383 e. The van der Waals surface area contributed by atoms with Gasteiger partial charge in [-0.25, -0.2) is 4.79 Å². The summed E-state index contributed by atoms with van der Waals surface area (Å²) in [5, 5.41) is 6.08. The second-order valence-electron chi connectivity index (χ2n) is 7.52. The maximum absolute atomic E-state index is 13.4. The van der Waals surface area contributed by atoms with Gasteiger partial charge in [-0.1, -0.05) is 29.8 Å². The summed E-state index contributed by atoms with van der Waals surface area (Å²) < 4.78 is 4.96. The number of nitrogens with one attached hydrogen (secondary N) is 2. The summed E-state index contributed by atoms with van der Waals surface area (Å²) in [7, 11) is 3.16. The minimum absolute atomic E-state index is 0.156. The fourth-order valence-corrected chi connectivity index (χ4v) is 3.81. The third-order valence-corrected chi connectivity index (χ3v) is 5.74. The second-order valence-corrected chi connectivity index (χ2v) is 7.93. The van der Waals surface area contributed by atoms with Crippen LogP contribution in [0.15, 0.2) is 35.5 Å². The van der Waals surface area contributed by atoms with E-state index in [1.807, 2.05) is 0 Å². The summed E-state index contributed by atoms with van der Waals surface area (Å²) in [4.78, 5) is 41.6. The Bertz CT molecular complexity index is 883. The Morgan fingerprint density at radius 2 is 2.03 bits per heavy atom. The summed E-state index contributed by atoms with van der Waals surface area (Å²) in [5.41, 5.74) is 0.525. The number of urea groups is 1. The molecule has 4 amide bonds. The number of hydrogen-bond donors (Lipinski definition) is 2. The zero-order valence-electron chi connectivity index (χ0n) is 16.9. The number of ether oxygens (including phenoxy) is 1. The number of halogens is 1. The van der Waals surface area contributed by atoms with Crippen molar-refractivity contribution in [2.45, 2.75) is 25.4 Å². The number of hydrogen-bond acceptors (Lipinski definition) is 4. The lowest BCUT2D eigenvalue weighted by Crippen LogP contribution is -2.56. The summed E-state index contributed by atoms with van der Waals surface area (Å²) in [6.07, 6.45) is 0. The van der Waals surface area contributed by atoms with Crippen molar-refractivity contribution in [3.8, 4) is 0 Å². The zero-order chi connectivity index (χ0) is 21.3. The fourth-order valence-electron chi connectivity index (χ4n) is 3.57. The van der Waals surface area contributed by atoms with E-state index in [0.717, 1.165) is 0 Å². The van der Waals surface area contributed by atoms with Gasteiger partial charge >= 0.3 is 6.03 Å². The van der Waals surface area contributed by atoms with Crippen LogP contribution in [-0.4, -0.2) is 67.0 Å². The molecule has 1 aromatic rings. The molecule has 2 heterocycles. The smallest absolute Gasteiger partial charge is 0.322 e. The first kappa shape index (κ1) is 21.1. The van der Waals surface area contributed by atoms with E-state index in [9.17, 15) is 14.4 Å². The summed E-state index contributed by atoms with van der Waals surface area (Å²) in [6.45, 7) is 4.25. The Labute approximate surface area is 174 Å². The van der Waals surface area contributed by atoms with Crippen LogP contribution in [-0.2, 0) is 14.3 Å². The summed E-state index contributed by atoms with van der Waals surface area (Å²) >= 11 is 6.34. The van der Waals surface area contributed by atoms with E-state index in [-0.39, 0.29) is 24.4 Å². The average molecular weight is 421 g/mol. The molecule has 0 bridgehead atoms. The number of carbonyl (C=O) groups excluding carboxylic acids is 3. The van der Waals surface area contributed by atoms with E-state index in [1.165, 1.54) is 9.80 Å². The van der Waals surface area contributed by atoms with Crippen molar-refractivity contribution in [1.82, 2.24) is 20.4 Å². The summed E-state index contributed by atoms with van der Waals surface area (Å²) in [6, 6.07) is 6.08. The van der Waals surface area contributed by atoms with Crippen LogP contribution in [0.3, 0.4) is 0 Å². The number of carbonyl (C=O) groups is 3. The normalized spacial score (nSPS) is 19.4. The SMILES string of the molecule is COCCNC(=O)C(C)(C)N1CC2=C(C1=O)[C@H](c1ccccc1Cl)NC(=O)N2C. The zero-order valence-corrected chi connectivity index (χ0v) is 17.7. The van der Waals surface area contributed by atoms with Gasteiger partial charge in [-0.2, -0.15) is 0 Å². The highest BCUT2D eigenvalue weighted by atomic mass is 35.5. The number of rotatable bonds is 6. The number of methoxy groups -OCH3 is 1. The topological polar surface area (TPSA) is 91.0 Å². The monoisotopic (exact) mass is 420 g/mol. The van der Waals surface area contributed by atoms with Gasteiger partial charge in [0.2, 0.25) is 5.91 Å². The highest BCUT2D eigenvalue weighted by Gasteiger charge is 2.49. The van der Waals surface area contributed by atoms with Crippen LogP contribution in [0.5, 0.6) is 0 Å². The van der Waals surface area contributed by atoms with Crippen LogP contribution in [0.25, 0.3) is 0 Å². The Kier molecular flexibility index (Phi) is 5.86. The molecule has 1 atom stereocenters. The number of benzene rings is 1. The molecule has 2 aliphatic heterocycles. The molecule has 29 heavy (non-hydrogen) atoms. The van der Waals surface area contributed by atoms with Crippen LogP contribution >= 0.6 is 11.6 Å². The second kappa shape index (κ2) is 8.04. The van der Waals surface area contributed by atoms with Gasteiger partial charge in [-0.15, -0.1) is 0 Å². The van der Waals surface area contributed by atoms with Gasteiger partial charge < -0.3 is 20.3 Å². The van der Waals surface area contributed by atoms with Gasteiger partial charge in [-0.3, -0.25) is 14.5 Å². The molecule has 0 spiro atoms. The van der Waals surface area contributed by atoms with E-state index < -0.39 is 11.6 Å². The average Bonchev–Trinajstić information content (AvgIpc) is 3.04. The van der Waals surface area contributed by atoms with Crippen LogP contribution in [0.1, 0.15) is 25.5 Å². The van der Waals surface area contributed by atoms with E-state index in [4.69, 9.17) is 16.3 Å². The molecule has 1 aromatic carbocycles. The van der Waals surface area contributed by atoms with Crippen molar-refractivity contribution in [3.05, 3.63) is 46.1 Å². The number of likely N-dealkylation sites (N-methyl/N-ethyl adjacent to an activating group) is 1. The predicted octanol–water partition coefficient (Wildman–Crippen LogP) is 1.67. The molecule has 2 aliphatic rings. The van der Waals surface area contributed by atoms with Gasteiger partial charge in [0.15, 0.2) is 0 Å². The van der Waals surface area contributed by atoms with E-state index in [1.54, 1.807) is 52.3 Å². The van der Waals surface area contributed by atoms with Gasteiger partial charge in [0.1, 0.15) is 5.54 Å². The first-order chi connectivity index (χ1) is 13.7. The van der Waals surface area contributed by atoms with Crippen molar-refractivity contribution < 1.29 is 19.1 Å². The Morgan fingerprint density at radius 1 is 1.34 bits per heavy atom. The van der Waals surface area contributed by atoms with Crippen molar-refractivity contribution in [3.63, 3.8) is 0 Å². The Morgan fingerprint density at radius 3 is 2.69 bits per heavy atom. The molecule has 9 heteroatoms. The standard InChI is InChI=1S/C20H25ClN4O4/c1-20(2,18(27)22-9-10-29-4)25-11-14-15(17(25)26)16(23-19(28)24(14)3)12-7-5-6-8-13(12)21/h5-8,16H,9-11H2,1-4H3,(H,22,27)(H,23,28)/t16-/m0/s1. The molecule has 0 saturated carbocycles. The van der Waals surface area contributed by atoms with Gasteiger partial charge in [-0.05, 0) is 25.5 Å². The molecule has 0 aromatic heterocycles. The van der Waals surface area contributed by atoms with Crippen LogP contribution in [0.4, 0.5) is 4.79 Å². The third-order valence-electron chi connectivity index (χ3n) is 5.40. The van der Waals surface area contributed by atoms with Crippen molar-refractivity contribution >= 4 is 29.4 Å². The van der Waals surface area contributed by atoms with Crippen molar-refractivity contribution in [2.24, 2.45) is 0 Å². The Hall–Kier alpha value is -2.58. The van der Waals surface area contributed by atoms with Gasteiger partial charge in [0.25, 0.3) is 5.91 Å². The quantitative estimate of drug-likeness (QED) is 0.685. The van der Waals surface area contributed by atoms with Crippen LogP contribution in [0.2, 0.25) is 5.02 Å². The summed E-state index contributed by atoms with van der Waals surface area (Å²) in [5.74, 6) is -0.595. The lowest BCUT2D eigenvalue weighted by Gasteiger charge is -2.34. The molecule has 0 saturated heterocycles. The highest BCUT2D eigenvalue weighted by Crippen LogP contribution is 2.40. The van der Waals surface area contributed by atoms with E-state index in [0.29, 0.717) is 35.0 Å². The molecule has 2 N–H and O–H groups in total. The van der Waals surface area contributed by atoms with Gasteiger partial charge in [0, 0.05) is 25.7 Å². The molecule has 0 radical (unpaired) electrons. The van der Waals surface area contributed by atoms with Crippen molar-refractivity contribution in [2.75, 3.05) is 33.9 Å². The van der Waals surface area contributed by atoms with Gasteiger partial charge in [0.05, 0.1) is 30.5 Å². The number of amides is 4. The fraction of sp³-hybridized carbons (Fsp3) is 0.450.